The Balaban J connectivity index is 1.28. The molecule has 3 aromatic rings. The number of aryl methyl sites for hydroxylation is 1. The van der Waals surface area contributed by atoms with Crippen LogP contribution in [0.25, 0.3) is 10.2 Å². The SMILES string of the molecule is Cn1nnnc1SCC(=O)N1CCC(Oc2nc3c(Cl)cccc3s2)CC1. The molecule has 0 N–H and O–H groups in total. The second-order valence-electron chi connectivity index (χ2n) is 6.14. The molecular weight excluding hydrogens is 408 g/mol. The Bertz CT molecular complexity index is 953. The maximum absolute atomic E-state index is 12.4. The highest BCUT2D eigenvalue weighted by Gasteiger charge is 2.25. The van der Waals surface area contributed by atoms with Crippen molar-refractivity contribution in [2.45, 2.75) is 24.1 Å². The number of ether oxygens (including phenoxy) is 1. The first-order chi connectivity index (χ1) is 13.1. The molecule has 1 amide bonds. The van der Waals surface area contributed by atoms with Crippen LogP contribution < -0.4 is 4.74 Å². The molecule has 1 aliphatic rings. The lowest BCUT2D eigenvalue weighted by atomic mass is 10.1. The molecule has 0 spiro atoms. The Hall–Kier alpha value is -1.91. The summed E-state index contributed by atoms with van der Waals surface area (Å²) in [6.07, 6.45) is 1.63. The average molecular weight is 425 g/mol. The Morgan fingerprint density at radius 1 is 1.41 bits per heavy atom. The van der Waals surface area contributed by atoms with Crippen LogP contribution in [0.15, 0.2) is 23.4 Å². The first kappa shape index (κ1) is 18.5. The van der Waals surface area contributed by atoms with E-state index < -0.39 is 0 Å². The number of halogens is 1. The van der Waals surface area contributed by atoms with Gasteiger partial charge in [0.05, 0.1) is 15.5 Å². The maximum Gasteiger partial charge on any atom is 0.274 e. The van der Waals surface area contributed by atoms with E-state index in [1.165, 1.54) is 23.1 Å². The van der Waals surface area contributed by atoms with Crippen LogP contribution in [0.5, 0.6) is 5.19 Å². The minimum atomic E-state index is 0.0592. The van der Waals surface area contributed by atoms with E-state index >= 15 is 0 Å². The molecule has 0 atom stereocenters. The number of piperidine rings is 1. The molecule has 8 nitrogen and oxygen atoms in total. The van der Waals surface area contributed by atoms with E-state index in [0.717, 1.165) is 23.1 Å². The molecule has 0 bridgehead atoms. The molecule has 0 aliphatic carbocycles. The van der Waals surface area contributed by atoms with E-state index in [-0.39, 0.29) is 12.0 Å². The zero-order valence-corrected chi connectivity index (χ0v) is 16.9. The number of hydrogen-bond acceptors (Lipinski definition) is 8. The van der Waals surface area contributed by atoms with Crippen molar-refractivity contribution in [1.29, 1.82) is 0 Å². The fourth-order valence-electron chi connectivity index (χ4n) is 2.87. The number of aromatic nitrogens is 5. The molecule has 0 unspecified atom stereocenters. The molecule has 1 aromatic carbocycles. The van der Waals surface area contributed by atoms with Crippen molar-refractivity contribution < 1.29 is 9.53 Å². The van der Waals surface area contributed by atoms with Gasteiger partial charge in [-0.15, -0.1) is 5.10 Å². The van der Waals surface area contributed by atoms with Gasteiger partial charge in [0, 0.05) is 33.0 Å². The number of benzene rings is 1. The second-order valence-corrected chi connectivity index (χ2v) is 8.48. The van der Waals surface area contributed by atoms with Gasteiger partial charge in [-0.25, -0.2) is 9.67 Å². The molecule has 27 heavy (non-hydrogen) atoms. The van der Waals surface area contributed by atoms with Gasteiger partial charge in [0.2, 0.25) is 11.1 Å². The van der Waals surface area contributed by atoms with Gasteiger partial charge in [-0.05, 0) is 22.6 Å². The zero-order valence-electron chi connectivity index (χ0n) is 14.5. The van der Waals surface area contributed by atoms with Crippen molar-refractivity contribution in [1.82, 2.24) is 30.1 Å². The normalized spacial score (nSPS) is 15.4. The third-order valence-electron chi connectivity index (χ3n) is 4.32. The van der Waals surface area contributed by atoms with E-state index in [1.54, 1.807) is 11.7 Å². The number of fused-ring (bicyclic) bond motifs is 1. The fraction of sp³-hybridized carbons (Fsp3) is 0.438. The van der Waals surface area contributed by atoms with E-state index in [0.29, 0.717) is 34.2 Å². The van der Waals surface area contributed by atoms with Gasteiger partial charge in [-0.1, -0.05) is 40.8 Å². The Morgan fingerprint density at radius 2 is 2.22 bits per heavy atom. The Morgan fingerprint density at radius 3 is 2.93 bits per heavy atom. The number of tetrazole rings is 1. The number of para-hydroxylation sites is 1. The van der Waals surface area contributed by atoms with Gasteiger partial charge in [-0.3, -0.25) is 4.79 Å². The minimum absolute atomic E-state index is 0.0592. The van der Waals surface area contributed by atoms with Crippen LogP contribution in [0.2, 0.25) is 5.02 Å². The van der Waals surface area contributed by atoms with Gasteiger partial charge >= 0.3 is 0 Å². The van der Waals surface area contributed by atoms with Gasteiger partial charge in [0.15, 0.2) is 0 Å². The zero-order chi connectivity index (χ0) is 18.8. The van der Waals surface area contributed by atoms with E-state index in [1.807, 2.05) is 23.1 Å². The summed E-state index contributed by atoms with van der Waals surface area (Å²) in [5.41, 5.74) is 0.780. The lowest BCUT2D eigenvalue weighted by Gasteiger charge is -2.31. The van der Waals surface area contributed by atoms with Crippen molar-refractivity contribution in [2.75, 3.05) is 18.8 Å². The summed E-state index contributed by atoms with van der Waals surface area (Å²) >= 11 is 9.02. The maximum atomic E-state index is 12.4. The van der Waals surface area contributed by atoms with Crippen LogP contribution in [0, 0.1) is 0 Å². The topological polar surface area (TPSA) is 86.0 Å². The smallest absolute Gasteiger partial charge is 0.274 e. The van der Waals surface area contributed by atoms with Crippen LogP contribution in [-0.2, 0) is 11.8 Å². The molecule has 1 saturated heterocycles. The first-order valence-electron chi connectivity index (χ1n) is 8.45. The van der Waals surface area contributed by atoms with Crippen molar-refractivity contribution in [3.8, 4) is 5.19 Å². The standard InChI is InChI=1S/C16H17ClN6O2S2/c1-22-15(19-20-21-22)26-9-13(24)23-7-5-10(6-8-23)25-16-18-14-11(17)3-2-4-12(14)27-16/h2-4,10H,5-9H2,1H3. The largest absolute Gasteiger partial charge is 0.467 e. The molecule has 142 valence electrons. The summed E-state index contributed by atoms with van der Waals surface area (Å²) in [5.74, 6) is 0.420. The third kappa shape index (κ3) is 4.17. The highest BCUT2D eigenvalue weighted by molar-refractivity contribution is 7.99. The van der Waals surface area contributed by atoms with Crippen molar-refractivity contribution in [2.24, 2.45) is 7.05 Å². The average Bonchev–Trinajstić information content (AvgIpc) is 3.27. The predicted molar refractivity (Wildman–Crippen MR) is 104 cm³/mol. The van der Waals surface area contributed by atoms with E-state index in [9.17, 15) is 4.79 Å². The molecule has 4 rings (SSSR count). The van der Waals surface area contributed by atoms with Crippen molar-refractivity contribution in [3.63, 3.8) is 0 Å². The highest BCUT2D eigenvalue weighted by Crippen LogP contribution is 2.33. The molecular formula is C16H17ClN6O2S2. The van der Waals surface area contributed by atoms with Gasteiger partial charge in [-0.2, -0.15) is 0 Å². The summed E-state index contributed by atoms with van der Waals surface area (Å²) in [6.45, 7) is 1.35. The Labute approximate surface area is 168 Å². The van der Waals surface area contributed by atoms with Crippen LogP contribution in [0.3, 0.4) is 0 Å². The second kappa shape index (κ2) is 7.99. The first-order valence-corrected chi connectivity index (χ1v) is 10.6. The number of carbonyl (C=O) groups excluding carboxylic acids is 1. The molecule has 1 fully saturated rings. The summed E-state index contributed by atoms with van der Waals surface area (Å²) < 4.78 is 8.61. The number of likely N-dealkylation sites (tertiary alicyclic amines) is 1. The van der Waals surface area contributed by atoms with Gasteiger partial charge in [0.25, 0.3) is 5.19 Å². The molecule has 3 heterocycles. The number of thiazole rings is 1. The molecule has 2 aromatic heterocycles. The van der Waals surface area contributed by atoms with Crippen LogP contribution >= 0.6 is 34.7 Å². The fourth-order valence-corrected chi connectivity index (χ4v) is 4.81. The molecule has 0 radical (unpaired) electrons. The van der Waals surface area contributed by atoms with Crippen LogP contribution in [-0.4, -0.2) is 60.9 Å². The predicted octanol–water partition coefficient (Wildman–Crippen LogP) is 2.64. The van der Waals surface area contributed by atoms with Crippen molar-refractivity contribution in [3.05, 3.63) is 23.2 Å². The highest BCUT2D eigenvalue weighted by atomic mass is 35.5. The minimum Gasteiger partial charge on any atom is -0.467 e. The summed E-state index contributed by atoms with van der Waals surface area (Å²) in [4.78, 5) is 18.7. The Kier molecular flexibility index (Phi) is 5.46. The van der Waals surface area contributed by atoms with E-state index in [4.69, 9.17) is 16.3 Å². The van der Waals surface area contributed by atoms with Crippen LogP contribution in [0.4, 0.5) is 0 Å². The molecule has 1 aliphatic heterocycles. The van der Waals surface area contributed by atoms with Crippen molar-refractivity contribution >= 4 is 50.8 Å². The number of rotatable bonds is 5. The summed E-state index contributed by atoms with van der Waals surface area (Å²) in [5, 5.41) is 13.1. The summed E-state index contributed by atoms with van der Waals surface area (Å²) in [7, 11) is 1.75. The van der Waals surface area contributed by atoms with Gasteiger partial charge < -0.3 is 9.64 Å². The van der Waals surface area contributed by atoms with E-state index in [2.05, 4.69) is 20.5 Å². The number of thioether (sulfide) groups is 1. The molecule has 11 heteroatoms. The molecule has 0 saturated carbocycles. The number of hydrogen-bond donors (Lipinski definition) is 0. The quantitative estimate of drug-likeness (QED) is 0.582. The lowest BCUT2D eigenvalue weighted by Crippen LogP contribution is -2.42. The third-order valence-corrected chi connectivity index (χ3v) is 6.53. The van der Waals surface area contributed by atoms with Crippen LogP contribution in [0.1, 0.15) is 12.8 Å². The van der Waals surface area contributed by atoms with Gasteiger partial charge in [0.1, 0.15) is 11.6 Å². The number of carbonyl (C=O) groups is 1. The summed E-state index contributed by atoms with van der Waals surface area (Å²) in [6, 6.07) is 5.72. The number of nitrogens with zero attached hydrogens (tertiary/aromatic N) is 6. The lowest BCUT2D eigenvalue weighted by molar-refractivity contribution is -0.130. The number of amides is 1. The monoisotopic (exact) mass is 424 g/mol.